The highest BCUT2D eigenvalue weighted by atomic mass is 32.2. The molecular formula is C19H18N4O3S. The van der Waals surface area contributed by atoms with Crippen LogP contribution in [0, 0.1) is 11.3 Å². The van der Waals surface area contributed by atoms with E-state index >= 15 is 0 Å². The van der Waals surface area contributed by atoms with Gasteiger partial charge in [0.25, 0.3) is 0 Å². The number of rotatable bonds is 4. The van der Waals surface area contributed by atoms with Crippen molar-refractivity contribution in [2.75, 3.05) is 26.2 Å². The second-order valence-corrected chi connectivity index (χ2v) is 7.92. The topological polar surface area (TPSA) is 94.4 Å². The Labute approximate surface area is 158 Å². The molecule has 138 valence electrons. The molecule has 0 radical (unpaired) electrons. The number of hydrogen-bond acceptors (Lipinski definition) is 5. The minimum absolute atomic E-state index is 0.151. The Balaban J connectivity index is 1.61. The average molecular weight is 382 g/mol. The van der Waals surface area contributed by atoms with Crippen LogP contribution in [0.1, 0.15) is 11.1 Å². The summed E-state index contributed by atoms with van der Waals surface area (Å²) in [6, 6.07) is 11.4. The van der Waals surface area contributed by atoms with Crippen molar-refractivity contribution in [2.24, 2.45) is 0 Å². The van der Waals surface area contributed by atoms with Gasteiger partial charge in [0.2, 0.25) is 15.9 Å². The van der Waals surface area contributed by atoms with Gasteiger partial charge < -0.3 is 4.90 Å². The third-order valence-electron chi connectivity index (χ3n) is 4.27. The zero-order chi connectivity index (χ0) is 19.3. The van der Waals surface area contributed by atoms with Crippen molar-refractivity contribution in [1.29, 1.82) is 5.26 Å². The van der Waals surface area contributed by atoms with Crippen LogP contribution in [0.2, 0.25) is 0 Å². The van der Waals surface area contributed by atoms with Crippen LogP contribution < -0.4 is 0 Å². The Morgan fingerprint density at radius 3 is 2.41 bits per heavy atom. The minimum Gasteiger partial charge on any atom is -0.337 e. The molecule has 0 spiro atoms. The van der Waals surface area contributed by atoms with Crippen molar-refractivity contribution < 1.29 is 13.2 Å². The van der Waals surface area contributed by atoms with Gasteiger partial charge in [0.05, 0.1) is 16.5 Å². The van der Waals surface area contributed by atoms with Crippen LogP contribution in [0.15, 0.2) is 59.8 Å². The van der Waals surface area contributed by atoms with Crippen LogP contribution >= 0.6 is 0 Å². The zero-order valence-electron chi connectivity index (χ0n) is 14.5. The maximum Gasteiger partial charge on any atom is 0.246 e. The van der Waals surface area contributed by atoms with Crippen LogP contribution in [0.25, 0.3) is 6.08 Å². The largest absolute Gasteiger partial charge is 0.337 e. The molecule has 1 saturated heterocycles. The van der Waals surface area contributed by atoms with Gasteiger partial charge in [-0.25, -0.2) is 8.42 Å². The van der Waals surface area contributed by atoms with Gasteiger partial charge in [-0.1, -0.05) is 6.07 Å². The lowest BCUT2D eigenvalue weighted by Crippen LogP contribution is -2.50. The Bertz CT molecular complexity index is 972. The standard InChI is InChI=1S/C19H18N4O3S/c20-14-16-3-6-18(7-4-16)27(25,26)23-12-10-22(11-13-23)19(24)8-5-17-2-1-9-21-15-17/h1-9,15H,10-13H2/b8-5+. The van der Waals surface area contributed by atoms with E-state index in [1.807, 2.05) is 12.1 Å². The molecule has 1 aromatic carbocycles. The van der Waals surface area contributed by atoms with Crippen LogP contribution in [-0.4, -0.2) is 54.7 Å². The fourth-order valence-corrected chi connectivity index (χ4v) is 4.17. The van der Waals surface area contributed by atoms with Gasteiger partial charge in [-0.15, -0.1) is 0 Å². The van der Waals surface area contributed by atoms with Crippen LogP contribution in [0.3, 0.4) is 0 Å². The highest BCUT2D eigenvalue weighted by Gasteiger charge is 2.29. The summed E-state index contributed by atoms with van der Waals surface area (Å²) in [6.07, 6.45) is 6.48. The van der Waals surface area contributed by atoms with Crippen LogP contribution in [-0.2, 0) is 14.8 Å². The van der Waals surface area contributed by atoms with E-state index in [1.54, 1.807) is 29.4 Å². The molecule has 8 heteroatoms. The number of carbonyl (C=O) groups is 1. The van der Waals surface area contributed by atoms with Crippen LogP contribution in [0.5, 0.6) is 0 Å². The average Bonchev–Trinajstić information content (AvgIpc) is 2.73. The van der Waals surface area contributed by atoms with E-state index in [9.17, 15) is 13.2 Å². The molecule has 0 bridgehead atoms. The van der Waals surface area contributed by atoms with E-state index < -0.39 is 10.0 Å². The normalized spacial score (nSPS) is 15.6. The number of amides is 1. The van der Waals surface area contributed by atoms with Gasteiger partial charge in [-0.05, 0) is 42.0 Å². The second-order valence-electron chi connectivity index (χ2n) is 5.99. The Hall–Kier alpha value is -3.02. The van der Waals surface area contributed by atoms with Crippen molar-refractivity contribution in [3.8, 4) is 6.07 Å². The molecule has 0 aliphatic carbocycles. The van der Waals surface area contributed by atoms with Gasteiger partial charge in [-0.2, -0.15) is 9.57 Å². The Kier molecular flexibility index (Phi) is 5.64. The molecule has 0 unspecified atom stereocenters. The number of piperazine rings is 1. The first-order chi connectivity index (χ1) is 13.0. The minimum atomic E-state index is -3.63. The first-order valence-electron chi connectivity index (χ1n) is 8.38. The fourth-order valence-electron chi connectivity index (χ4n) is 2.75. The second kappa shape index (κ2) is 8.12. The first-order valence-corrected chi connectivity index (χ1v) is 9.82. The number of sulfonamides is 1. The molecule has 2 heterocycles. The molecule has 0 saturated carbocycles. The lowest BCUT2D eigenvalue weighted by molar-refractivity contribution is -0.127. The summed E-state index contributed by atoms with van der Waals surface area (Å²) in [4.78, 5) is 18.0. The molecular weight excluding hydrogens is 364 g/mol. The van der Waals surface area contributed by atoms with Crippen LogP contribution in [0.4, 0.5) is 0 Å². The molecule has 1 aliphatic rings. The number of pyridine rings is 1. The molecule has 3 rings (SSSR count). The van der Waals surface area contributed by atoms with E-state index in [-0.39, 0.29) is 23.9 Å². The third kappa shape index (κ3) is 4.39. The SMILES string of the molecule is N#Cc1ccc(S(=O)(=O)N2CCN(C(=O)/C=C/c3cccnc3)CC2)cc1. The van der Waals surface area contributed by atoms with Gasteiger partial charge in [0.15, 0.2) is 0 Å². The summed E-state index contributed by atoms with van der Waals surface area (Å²) >= 11 is 0. The maximum absolute atomic E-state index is 12.7. The van der Waals surface area contributed by atoms with Crippen molar-refractivity contribution in [3.63, 3.8) is 0 Å². The van der Waals surface area contributed by atoms with Crippen molar-refractivity contribution in [2.45, 2.75) is 4.90 Å². The summed E-state index contributed by atoms with van der Waals surface area (Å²) in [5.41, 5.74) is 1.23. The predicted molar refractivity (Wildman–Crippen MR) is 99.8 cm³/mol. The van der Waals surface area contributed by atoms with Gasteiger partial charge in [-0.3, -0.25) is 9.78 Å². The molecule has 1 amide bonds. The van der Waals surface area contributed by atoms with E-state index in [2.05, 4.69) is 4.98 Å². The van der Waals surface area contributed by atoms with E-state index in [1.165, 1.54) is 34.6 Å². The van der Waals surface area contributed by atoms with E-state index in [0.717, 1.165) is 5.56 Å². The highest BCUT2D eigenvalue weighted by molar-refractivity contribution is 7.89. The number of hydrogen-bond donors (Lipinski definition) is 0. The summed E-state index contributed by atoms with van der Waals surface area (Å²) in [7, 11) is -3.63. The van der Waals surface area contributed by atoms with Gasteiger partial charge in [0.1, 0.15) is 0 Å². The summed E-state index contributed by atoms with van der Waals surface area (Å²) < 4.78 is 26.7. The van der Waals surface area contributed by atoms with E-state index in [4.69, 9.17) is 5.26 Å². The lowest BCUT2D eigenvalue weighted by Gasteiger charge is -2.33. The van der Waals surface area contributed by atoms with Crippen molar-refractivity contribution in [3.05, 3.63) is 66.0 Å². The molecule has 0 atom stereocenters. The first kappa shape index (κ1) is 18.8. The molecule has 1 fully saturated rings. The zero-order valence-corrected chi connectivity index (χ0v) is 15.3. The number of carbonyl (C=O) groups excluding carboxylic acids is 1. The van der Waals surface area contributed by atoms with Crippen molar-refractivity contribution in [1.82, 2.24) is 14.2 Å². The molecule has 7 nitrogen and oxygen atoms in total. The number of nitriles is 1. The molecule has 27 heavy (non-hydrogen) atoms. The lowest BCUT2D eigenvalue weighted by atomic mass is 10.2. The van der Waals surface area contributed by atoms with E-state index in [0.29, 0.717) is 18.7 Å². The number of benzene rings is 1. The quantitative estimate of drug-likeness (QED) is 0.747. The fraction of sp³-hybridized carbons (Fsp3) is 0.211. The number of aromatic nitrogens is 1. The summed E-state index contributed by atoms with van der Waals surface area (Å²) in [5.74, 6) is -0.158. The molecule has 1 aromatic heterocycles. The van der Waals surface area contributed by atoms with Gasteiger partial charge in [0, 0.05) is 44.6 Å². The van der Waals surface area contributed by atoms with Gasteiger partial charge >= 0.3 is 0 Å². The highest BCUT2D eigenvalue weighted by Crippen LogP contribution is 2.18. The maximum atomic E-state index is 12.7. The molecule has 1 aliphatic heterocycles. The predicted octanol–water partition coefficient (Wildman–Crippen LogP) is 1.50. The Morgan fingerprint density at radius 2 is 1.81 bits per heavy atom. The summed E-state index contributed by atoms with van der Waals surface area (Å²) in [5, 5.41) is 8.82. The molecule has 2 aromatic rings. The third-order valence-corrected chi connectivity index (χ3v) is 6.19. The van der Waals surface area contributed by atoms with Crippen molar-refractivity contribution >= 4 is 22.0 Å². The summed E-state index contributed by atoms with van der Waals surface area (Å²) in [6.45, 7) is 1.11. The number of nitrogens with zero attached hydrogens (tertiary/aromatic N) is 4. The Morgan fingerprint density at radius 1 is 1.11 bits per heavy atom. The monoisotopic (exact) mass is 382 g/mol. The molecule has 0 N–H and O–H groups in total. The smallest absolute Gasteiger partial charge is 0.246 e.